The molecule has 0 saturated heterocycles. The van der Waals surface area contributed by atoms with Gasteiger partial charge in [0.1, 0.15) is 12.6 Å². The third-order valence-corrected chi connectivity index (χ3v) is 4.20. The van der Waals surface area contributed by atoms with Crippen molar-refractivity contribution in [1.29, 1.82) is 0 Å². The van der Waals surface area contributed by atoms with E-state index in [1.807, 2.05) is 48.0 Å². The summed E-state index contributed by atoms with van der Waals surface area (Å²) in [4.78, 5) is 16.1. The zero-order chi connectivity index (χ0) is 14.7. The summed E-state index contributed by atoms with van der Waals surface area (Å²) < 4.78 is 5.25. The minimum atomic E-state index is -0.649. The first-order chi connectivity index (χ1) is 10.2. The number of aromatic nitrogens is 1. The van der Waals surface area contributed by atoms with E-state index in [-0.39, 0.29) is 12.6 Å². The Hall–Kier alpha value is -2.11. The van der Waals surface area contributed by atoms with Crippen LogP contribution in [0.25, 0.3) is 10.9 Å². The van der Waals surface area contributed by atoms with Crippen molar-refractivity contribution < 1.29 is 9.53 Å². The van der Waals surface area contributed by atoms with E-state index in [1.54, 1.807) is 11.3 Å². The lowest BCUT2D eigenvalue weighted by molar-refractivity contribution is -0.146. The smallest absolute Gasteiger partial charge is 0.323 e. The van der Waals surface area contributed by atoms with Gasteiger partial charge in [0.05, 0.1) is 0 Å². The summed E-state index contributed by atoms with van der Waals surface area (Å²) in [5.41, 5.74) is 8.04. The van der Waals surface area contributed by atoms with Crippen molar-refractivity contribution in [3.63, 3.8) is 0 Å². The van der Waals surface area contributed by atoms with Gasteiger partial charge in [0.25, 0.3) is 0 Å². The fourth-order valence-electron chi connectivity index (χ4n) is 2.26. The second kappa shape index (κ2) is 6.11. The van der Waals surface area contributed by atoms with E-state index in [4.69, 9.17) is 10.5 Å². The van der Waals surface area contributed by atoms with Crippen molar-refractivity contribution in [2.45, 2.75) is 19.1 Å². The molecule has 2 aromatic heterocycles. The normalized spacial score (nSPS) is 12.4. The first-order valence-electron chi connectivity index (χ1n) is 6.73. The minimum absolute atomic E-state index is 0.290. The number of rotatable bonds is 5. The van der Waals surface area contributed by atoms with Gasteiger partial charge in [-0.1, -0.05) is 24.3 Å². The molecule has 0 amide bonds. The van der Waals surface area contributed by atoms with Gasteiger partial charge in [0.15, 0.2) is 0 Å². The molecule has 0 aliphatic carbocycles. The lowest BCUT2D eigenvalue weighted by atomic mass is 10.1. The quantitative estimate of drug-likeness (QED) is 0.712. The predicted octanol–water partition coefficient (Wildman–Crippen LogP) is 2.84. The number of thiophene rings is 1. The molecule has 0 spiro atoms. The van der Waals surface area contributed by atoms with Gasteiger partial charge in [-0.3, -0.25) is 4.79 Å². The number of para-hydroxylation sites is 1. The first-order valence-corrected chi connectivity index (χ1v) is 7.61. The molecular formula is C16H16N2O2S. The van der Waals surface area contributed by atoms with Crippen LogP contribution in [0.3, 0.4) is 0 Å². The SMILES string of the molecule is N[C@@H](Cc1c[nH]c2ccccc12)C(=O)OCc1cccs1. The number of hydrogen-bond donors (Lipinski definition) is 2. The summed E-state index contributed by atoms with van der Waals surface area (Å²) in [6, 6.07) is 11.2. The molecule has 2 heterocycles. The van der Waals surface area contributed by atoms with Crippen LogP contribution in [0.2, 0.25) is 0 Å². The van der Waals surface area contributed by atoms with Gasteiger partial charge < -0.3 is 15.5 Å². The van der Waals surface area contributed by atoms with E-state index in [9.17, 15) is 4.79 Å². The topological polar surface area (TPSA) is 68.1 Å². The summed E-state index contributed by atoms with van der Waals surface area (Å²) in [6.07, 6.45) is 2.37. The standard InChI is InChI=1S/C16H16N2O2S/c17-14(16(19)20-10-12-4-3-7-21-12)8-11-9-18-15-6-2-1-5-13(11)15/h1-7,9,14,18H,8,10,17H2/t14-/m0/s1. The van der Waals surface area contributed by atoms with Crippen molar-refractivity contribution in [3.8, 4) is 0 Å². The number of hydrogen-bond acceptors (Lipinski definition) is 4. The van der Waals surface area contributed by atoms with Crippen LogP contribution in [0.5, 0.6) is 0 Å². The van der Waals surface area contributed by atoms with Crippen LogP contribution in [0, 0.1) is 0 Å². The summed E-state index contributed by atoms with van der Waals surface area (Å²) in [5, 5.41) is 3.05. The largest absolute Gasteiger partial charge is 0.459 e. The number of esters is 1. The summed E-state index contributed by atoms with van der Waals surface area (Å²) in [5.74, 6) is -0.367. The zero-order valence-corrected chi connectivity index (χ0v) is 12.2. The Balaban J connectivity index is 1.62. The third kappa shape index (κ3) is 3.15. The van der Waals surface area contributed by atoms with Crippen LogP contribution in [-0.2, 0) is 22.6 Å². The molecule has 3 rings (SSSR count). The van der Waals surface area contributed by atoms with Gasteiger partial charge in [-0.05, 0) is 23.1 Å². The van der Waals surface area contributed by atoms with Crippen molar-refractivity contribution in [3.05, 3.63) is 58.4 Å². The molecule has 0 aliphatic heterocycles. The maximum atomic E-state index is 11.9. The van der Waals surface area contributed by atoms with Crippen molar-refractivity contribution in [1.82, 2.24) is 4.98 Å². The van der Waals surface area contributed by atoms with Crippen molar-refractivity contribution in [2.24, 2.45) is 5.73 Å². The van der Waals surface area contributed by atoms with Crippen LogP contribution in [0.15, 0.2) is 48.0 Å². The Kier molecular flexibility index (Phi) is 4.03. The number of ether oxygens (including phenoxy) is 1. The number of H-pyrrole nitrogens is 1. The lowest BCUT2D eigenvalue weighted by Gasteiger charge is -2.10. The fourth-order valence-corrected chi connectivity index (χ4v) is 2.88. The molecule has 0 fully saturated rings. The molecule has 21 heavy (non-hydrogen) atoms. The zero-order valence-electron chi connectivity index (χ0n) is 11.4. The Bertz CT molecular complexity index is 734. The van der Waals surface area contributed by atoms with Gasteiger partial charge in [-0.2, -0.15) is 0 Å². The Morgan fingerprint density at radius 3 is 2.95 bits per heavy atom. The van der Waals surface area contributed by atoms with Crippen LogP contribution < -0.4 is 5.73 Å². The predicted molar refractivity (Wildman–Crippen MR) is 84.1 cm³/mol. The second-order valence-corrected chi connectivity index (χ2v) is 5.89. The van der Waals surface area contributed by atoms with Crippen LogP contribution in [-0.4, -0.2) is 17.0 Å². The summed E-state index contributed by atoms with van der Waals surface area (Å²) in [7, 11) is 0. The number of nitrogens with two attached hydrogens (primary N) is 1. The molecule has 4 nitrogen and oxygen atoms in total. The van der Waals surface area contributed by atoms with E-state index in [2.05, 4.69) is 4.98 Å². The lowest BCUT2D eigenvalue weighted by Crippen LogP contribution is -2.34. The Labute approximate surface area is 126 Å². The van der Waals surface area contributed by atoms with E-state index in [1.165, 1.54) is 0 Å². The van der Waals surface area contributed by atoms with Crippen molar-refractivity contribution in [2.75, 3.05) is 0 Å². The van der Waals surface area contributed by atoms with Crippen molar-refractivity contribution >= 4 is 28.2 Å². The molecule has 0 saturated carbocycles. The number of nitrogens with one attached hydrogen (secondary N) is 1. The molecule has 3 N–H and O–H groups in total. The highest BCUT2D eigenvalue weighted by atomic mass is 32.1. The maximum absolute atomic E-state index is 11.9. The van der Waals surface area contributed by atoms with E-state index >= 15 is 0 Å². The molecular weight excluding hydrogens is 284 g/mol. The van der Waals surface area contributed by atoms with Gasteiger partial charge in [-0.15, -0.1) is 11.3 Å². The fraction of sp³-hybridized carbons (Fsp3) is 0.188. The monoisotopic (exact) mass is 300 g/mol. The first kappa shape index (κ1) is 13.9. The molecule has 0 radical (unpaired) electrons. The summed E-state index contributed by atoms with van der Waals surface area (Å²) >= 11 is 1.56. The van der Waals surface area contributed by atoms with Crippen LogP contribution in [0.4, 0.5) is 0 Å². The average Bonchev–Trinajstić information content (AvgIpc) is 3.15. The average molecular weight is 300 g/mol. The third-order valence-electron chi connectivity index (χ3n) is 3.35. The Morgan fingerprint density at radius 2 is 2.14 bits per heavy atom. The molecule has 3 aromatic rings. The van der Waals surface area contributed by atoms with Crippen LogP contribution in [0.1, 0.15) is 10.4 Å². The minimum Gasteiger partial charge on any atom is -0.459 e. The number of carbonyl (C=O) groups is 1. The van der Waals surface area contributed by atoms with Gasteiger partial charge in [0, 0.05) is 28.4 Å². The number of benzene rings is 1. The van der Waals surface area contributed by atoms with Gasteiger partial charge in [-0.25, -0.2) is 0 Å². The molecule has 108 valence electrons. The van der Waals surface area contributed by atoms with Gasteiger partial charge >= 0.3 is 5.97 Å². The summed E-state index contributed by atoms with van der Waals surface area (Å²) in [6.45, 7) is 0.290. The van der Waals surface area contributed by atoms with Gasteiger partial charge in [0.2, 0.25) is 0 Å². The molecule has 5 heteroatoms. The van der Waals surface area contributed by atoms with E-state index in [0.29, 0.717) is 6.42 Å². The molecule has 0 unspecified atom stereocenters. The number of aromatic amines is 1. The second-order valence-electron chi connectivity index (χ2n) is 4.86. The highest BCUT2D eigenvalue weighted by molar-refractivity contribution is 7.09. The molecule has 1 aromatic carbocycles. The molecule has 1 atom stereocenters. The molecule has 0 aliphatic rings. The number of fused-ring (bicyclic) bond motifs is 1. The maximum Gasteiger partial charge on any atom is 0.323 e. The Morgan fingerprint density at radius 1 is 1.29 bits per heavy atom. The van der Waals surface area contributed by atoms with E-state index < -0.39 is 6.04 Å². The molecule has 0 bridgehead atoms. The van der Waals surface area contributed by atoms with E-state index in [0.717, 1.165) is 21.3 Å². The highest BCUT2D eigenvalue weighted by Crippen LogP contribution is 2.19. The number of carbonyl (C=O) groups excluding carboxylic acids is 1. The van der Waals surface area contributed by atoms with Crippen LogP contribution >= 0.6 is 11.3 Å². The highest BCUT2D eigenvalue weighted by Gasteiger charge is 2.17.